The van der Waals surface area contributed by atoms with E-state index in [2.05, 4.69) is 18.2 Å². The monoisotopic (exact) mass is 648 g/mol. The lowest BCUT2D eigenvalue weighted by molar-refractivity contribution is -0.159. The number of halogens is 6. The van der Waals surface area contributed by atoms with Gasteiger partial charge in [-0.3, -0.25) is 0 Å². The standard InChI is InChI=1S/C30H18F6N2O2S3/c1-29(33,34)39-15-3-5-17(21(31)13-15)23-9-11-25(41-23)19-7-8-20(28-27(19)37-43-38-28)26-12-10-24(42-26)18-6-4-16(14-22(18)32)40-30(2,35)36/h3-14H,1-2H3. The molecule has 3 aromatic carbocycles. The fourth-order valence-corrected chi connectivity index (χ4v) is 7.14. The Morgan fingerprint density at radius 2 is 0.884 bits per heavy atom. The van der Waals surface area contributed by atoms with Crippen LogP contribution in [0.25, 0.3) is 52.8 Å². The maximum atomic E-state index is 14.8. The van der Waals surface area contributed by atoms with Crippen LogP contribution in [-0.2, 0) is 0 Å². The molecule has 0 aliphatic rings. The number of nitrogens with zero attached hydrogens (tertiary/aromatic N) is 2. The van der Waals surface area contributed by atoms with Crippen LogP contribution in [0.2, 0.25) is 0 Å². The first-order chi connectivity index (χ1) is 20.3. The van der Waals surface area contributed by atoms with Crippen molar-refractivity contribution in [2.24, 2.45) is 0 Å². The molecule has 0 aliphatic heterocycles. The number of hydrogen-bond acceptors (Lipinski definition) is 7. The minimum absolute atomic E-state index is 0.244. The number of ether oxygens (including phenoxy) is 2. The van der Waals surface area contributed by atoms with Crippen LogP contribution >= 0.6 is 34.4 Å². The van der Waals surface area contributed by atoms with Gasteiger partial charge in [0.1, 0.15) is 34.2 Å². The SMILES string of the molecule is CC(F)(F)Oc1ccc(-c2ccc(-c3ccc(-c4ccc(-c5ccc(OC(C)(F)F)cc5F)s4)c4nsnc34)s2)c(F)c1. The molecular weight excluding hydrogens is 631 g/mol. The number of fused-ring (bicyclic) bond motifs is 1. The van der Waals surface area contributed by atoms with E-state index in [1.165, 1.54) is 46.9 Å². The van der Waals surface area contributed by atoms with Crippen molar-refractivity contribution in [3.8, 4) is 53.3 Å². The highest BCUT2D eigenvalue weighted by Crippen LogP contribution is 2.43. The molecule has 0 atom stereocenters. The Morgan fingerprint density at radius 1 is 0.535 bits per heavy atom. The van der Waals surface area contributed by atoms with Crippen LogP contribution in [0.4, 0.5) is 26.3 Å². The van der Waals surface area contributed by atoms with E-state index in [4.69, 9.17) is 0 Å². The molecule has 0 saturated carbocycles. The second-order valence-electron chi connectivity index (χ2n) is 9.55. The van der Waals surface area contributed by atoms with E-state index in [0.717, 1.165) is 44.7 Å². The second kappa shape index (κ2) is 11.0. The Bertz CT molecular complexity index is 1820. The highest BCUT2D eigenvalue weighted by atomic mass is 32.1. The van der Waals surface area contributed by atoms with Crippen molar-refractivity contribution in [2.75, 3.05) is 0 Å². The van der Waals surface area contributed by atoms with Crippen LogP contribution in [0, 0.1) is 11.6 Å². The number of alkyl halides is 4. The van der Waals surface area contributed by atoms with E-state index >= 15 is 0 Å². The average molecular weight is 649 g/mol. The zero-order valence-corrected chi connectivity index (χ0v) is 24.6. The van der Waals surface area contributed by atoms with Gasteiger partial charge in [-0.15, -0.1) is 22.7 Å². The Balaban J connectivity index is 1.29. The molecule has 6 rings (SSSR count). The first kappa shape index (κ1) is 29.1. The molecule has 3 heterocycles. The Labute approximate surface area is 253 Å². The van der Waals surface area contributed by atoms with Gasteiger partial charge in [-0.25, -0.2) is 8.78 Å². The van der Waals surface area contributed by atoms with Crippen molar-refractivity contribution in [3.05, 3.63) is 84.4 Å². The molecule has 0 aliphatic carbocycles. The molecule has 6 aromatic rings. The van der Waals surface area contributed by atoms with Crippen molar-refractivity contribution in [3.63, 3.8) is 0 Å². The molecule has 0 saturated heterocycles. The predicted molar refractivity (Wildman–Crippen MR) is 157 cm³/mol. The molecule has 0 unspecified atom stereocenters. The van der Waals surface area contributed by atoms with Gasteiger partial charge in [0.25, 0.3) is 0 Å². The van der Waals surface area contributed by atoms with Gasteiger partial charge in [0, 0.05) is 67.7 Å². The molecule has 13 heteroatoms. The van der Waals surface area contributed by atoms with E-state index in [1.54, 1.807) is 12.1 Å². The van der Waals surface area contributed by atoms with E-state index in [-0.39, 0.29) is 22.6 Å². The first-order valence-corrected chi connectivity index (χ1v) is 14.9. The maximum Gasteiger partial charge on any atom is 0.394 e. The fraction of sp³-hybridized carbons (Fsp3) is 0.133. The van der Waals surface area contributed by atoms with Gasteiger partial charge in [0.05, 0.1) is 11.7 Å². The van der Waals surface area contributed by atoms with E-state index in [0.29, 0.717) is 34.6 Å². The molecule has 0 bridgehead atoms. The minimum atomic E-state index is -3.43. The Hall–Kier alpha value is -3.94. The van der Waals surface area contributed by atoms with Gasteiger partial charge in [-0.1, -0.05) is 12.1 Å². The molecule has 0 fully saturated rings. The van der Waals surface area contributed by atoms with Crippen LogP contribution < -0.4 is 9.47 Å². The average Bonchev–Trinajstić information content (AvgIpc) is 3.67. The minimum Gasteiger partial charge on any atom is -0.433 e. The summed E-state index contributed by atoms with van der Waals surface area (Å²) in [7, 11) is 0. The molecule has 0 radical (unpaired) electrons. The van der Waals surface area contributed by atoms with Gasteiger partial charge in [0.2, 0.25) is 0 Å². The van der Waals surface area contributed by atoms with E-state index in [1.807, 2.05) is 24.3 Å². The van der Waals surface area contributed by atoms with Crippen LogP contribution in [0.15, 0.2) is 72.8 Å². The summed E-state index contributed by atoms with van der Waals surface area (Å²) in [4.78, 5) is 2.78. The summed E-state index contributed by atoms with van der Waals surface area (Å²) in [5.74, 6) is -1.94. The molecule has 43 heavy (non-hydrogen) atoms. The quantitative estimate of drug-likeness (QED) is 0.154. The molecular formula is C30H18F6N2O2S3. The van der Waals surface area contributed by atoms with Crippen LogP contribution in [-0.4, -0.2) is 21.0 Å². The highest BCUT2D eigenvalue weighted by molar-refractivity contribution is 7.19. The third-order valence-electron chi connectivity index (χ3n) is 6.16. The molecule has 0 amide bonds. The third kappa shape index (κ3) is 6.24. The van der Waals surface area contributed by atoms with E-state index in [9.17, 15) is 26.3 Å². The normalized spacial score (nSPS) is 12.2. The van der Waals surface area contributed by atoms with Gasteiger partial charge < -0.3 is 9.47 Å². The summed E-state index contributed by atoms with van der Waals surface area (Å²) in [5.41, 5.74) is 3.31. The Morgan fingerprint density at radius 3 is 1.23 bits per heavy atom. The largest absolute Gasteiger partial charge is 0.433 e. The number of benzene rings is 3. The molecule has 3 aromatic heterocycles. The number of aromatic nitrogens is 2. The molecule has 220 valence electrons. The third-order valence-corrected chi connectivity index (χ3v) is 9.00. The zero-order valence-electron chi connectivity index (χ0n) is 22.1. The van der Waals surface area contributed by atoms with Crippen molar-refractivity contribution < 1.29 is 35.8 Å². The lowest BCUT2D eigenvalue weighted by Crippen LogP contribution is -2.19. The lowest BCUT2D eigenvalue weighted by Gasteiger charge is -2.13. The van der Waals surface area contributed by atoms with Crippen molar-refractivity contribution in [1.82, 2.24) is 8.75 Å². The summed E-state index contributed by atoms with van der Waals surface area (Å²) in [6.07, 6.45) is -6.86. The van der Waals surface area contributed by atoms with Gasteiger partial charge in [-0.2, -0.15) is 26.3 Å². The number of thiophene rings is 2. The lowest BCUT2D eigenvalue weighted by atomic mass is 10.1. The van der Waals surface area contributed by atoms with Crippen molar-refractivity contribution in [2.45, 2.75) is 26.1 Å². The van der Waals surface area contributed by atoms with Gasteiger partial charge in [-0.05, 0) is 48.5 Å². The summed E-state index contributed by atoms with van der Waals surface area (Å²) >= 11 is 3.66. The maximum absolute atomic E-state index is 14.8. The number of hydrogen-bond donors (Lipinski definition) is 0. The summed E-state index contributed by atoms with van der Waals surface area (Å²) in [6.45, 7) is 1.16. The van der Waals surface area contributed by atoms with Crippen molar-refractivity contribution >= 4 is 45.4 Å². The summed E-state index contributed by atoms with van der Waals surface area (Å²) < 4.78 is 100. The van der Waals surface area contributed by atoms with Crippen LogP contribution in [0.1, 0.15) is 13.8 Å². The smallest absolute Gasteiger partial charge is 0.394 e. The molecule has 0 spiro atoms. The fourth-order valence-electron chi connectivity index (χ4n) is 4.45. The zero-order chi connectivity index (χ0) is 30.5. The van der Waals surface area contributed by atoms with Crippen LogP contribution in [0.5, 0.6) is 11.5 Å². The highest BCUT2D eigenvalue weighted by Gasteiger charge is 2.25. The van der Waals surface area contributed by atoms with Crippen LogP contribution in [0.3, 0.4) is 0 Å². The Kier molecular flexibility index (Phi) is 7.43. The van der Waals surface area contributed by atoms with Crippen molar-refractivity contribution in [1.29, 1.82) is 0 Å². The van der Waals surface area contributed by atoms with Gasteiger partial charge >= 0.3 is 12.2 Å². The summed E-state index contributed by atoms with van der Waals surface area (Å²) in [6, 6.07) is 18.1. The summed E-state index contributed by atoms with van der Waals surface area (Å²) in [5, 5.41) is 0. The van der Waals surface area contributed by atoms with Gasteiger partial charge in [0.15, 0.2) is 0 Å². The topological polar surface area (TPSA) is 44.2 Å². The molecule has 4 nitrogen and oxygen atoms in total. The first-order valence-electron chi connectivity index (χ1n) is 12.5. The predicted octanol–water partition coefficient (Wildman–Crippen LogP) is 10.7. The molecule has 0 N–H and O–H groups in total. The second-order valence-corrected chi connectivity index (χ2v) is 12.2. The number of rotatable bonds is 8. The van der Waals surface area contributed by atoms with E-state index < -0.39 is 23.9 Å².